The van der Waals surface area contributed by atoms with E-state index in [1.165, 1.54) is 17.7 Å². The maximum Gasteiger partial charge on any atom is 0.345 e. The van der Waals surface area contributed by atoms with Crippen molar-refractivity contribution in [2.45, 2.75) is 32.3 Å². The summed E-state index contributed by atoms with van der Waals surface area (Å²) in [5, 5.41) is 18.6. The van der Waals surface area contributed by atoms with Crippen molar-refractivity contribution in [3.8, 4) is 11.5 Å². The fraction of sp³-hybridized carbons (Fsp3) is 0.278. The second-order valence-electron chi connectivity index (χ2n) is 5.54. The number of carboxylic acid groups (broad SMARTS) is 1. The van der Waals surface area contributed by atoms with Gasteiger partial charge in [0.05, 0.1) is 0 Å². The molecule has 0 radical (unpaired) electrons. The Morgan fingerprint density at radius 3 is 2.14 bits per heavy atom. The summed E-state index contributed by atoms with van der Waals surface area (Å²) < 4.78 is 5.58. The van der Waals surface area contributed by atoms with Gasteiger partial charge in [-0.2, -0.15) is 0 Å². The van der Waals surface area contributed by atoms with Gasteiger partial charge in [-0.1, -0.05) is 38.1 Å². The van der Waals surface area contributed by atoms with Gasteiger partial charge in [0.15, 0.2) is 6.10 Å². The first-order chi connectivity index (χ1) is 10.5. The van der Waals surface area contributed by atoms with E-state index >= 15 is 0 Å². The molecule has 0 heterocycles. The summed E-state index contributed by atoms with van der Waals surface area (Å²) in [7, 11) is 0. The SMILES string of the molecule is CC(C)c1ccc(O[C@@H](Cc2ccc(O)cc2)C(=O)O)cc1. The average Bonchev–Trinajstić information content (AvgIpc) is 2.49. The molecule has 1 atom stereocenters. The lowest BCUT2D eigenvalue weighted by Gasteiger charge is -2.16. The number of hydrogen-bond acceptors (Lipinski definition) is 3. The predicted molar refractivity (Wildman–Crippen MR) is 84.4 cm³/mol. The van der Waals surface area contributed by atoms with Gasteiger partial charge in [0, 0.05) is 6.42 Å². The molecule has 0 bridgehead atoms. The van der Waals surface area contributed by atoms with Gasteiger partial charge >= 0.3 is 5.97 Å². The van der Waals surface area contributed by atoms with Crippen LogP contribution in [0.25, 0.3) is 0 Å². The smallest absolute Gasteiger partial charge is 0.345 e. The zero-order valence-electron chi connectivity index (χ0n) is 12.7. The number of aliphatic carboxylic acids is 1. The van der Waals surface area contributed by atoms with Crippen LogP contribution in [0.3, 0.4) is 0 Å². The molecule has 4 heteroatoms. The van der Waals surface area contributed by atoms with E-state index in [-0.39, 0.29) is 12.2 Å². The lowest BCUT2D eigenvalue weighted by atomic mass is 10.0. The molecule has 4 nitrogen and oxygen atoms in total. The van der Waals surface area contributed by atoms with Crippen molar-refractivity contribution >= 4 is 5.97 Å². The van der Waals surface area contributed by atoms with Crippen LogP contribution < -0.4 is 4.74 Å². The van der Waals surface area contributed by atoms with Crippen molar-refractivity contribution in [1.29, 1.82) is 0 Å². The number of aromatic hydroxyl groups is 1. The largest absolute Gasteiger partial charge is 0.508 e. The minimum absolute atomic E-state index is 0.154. The highest BCUT2D eigenvalue weighted by atomic mass is 16.5. The fourth-order valence-electron chi connectivity index (χ4n) is 2.12. The topological polar surface area (TPSA) is 66.8 Å². The molecule has 2 N–H and O–H groups in total. The zero-order valence-corrected chi connectivity index (χ0v) is 12.7. The fourth-order valence-corrected chi connectivity index (χ4v) is 2.12. The van der Waals surface area contributed by atoms with E-state index < -0.39 is 12.1 Å². The second-order valence-corrected chi connectivity index (χ2v) is 5.54. The van der Waals surface area contributed by atoms with Crippen LogP contribution >= 0.6 is 0 Å². The summed E-state index contributed by atoms with van der Waals surface area (Å²) in [5.74, 6) is 0.0960. The van der Waals surface area contributed by atoms with Gasteiger partial charge in [0.25, 0.3) is 0 Å². The maximum absolute atomic E-state index is 11.4. The molecule has 116 valence electrons. The van der Waals surface area contributed by atoms with Crippen molar-refractivity contribution in [3.63, 3.8) is 0 Å². The number of phenolic OH excluding ortho intramolecular Hbond substituents is 1. The van der Waals surface area contributed by atoms with E-state index in [9.17, 15) is 15.0 Å². The summed E-state index contributed by atoms with van der Waals surface area (Å²) in [6, 6.07) is 13.9. The minimum Gasteiger partial charge on any atom is -0.508 e. The molecule has 2 aromatic rings. The molecule has 0 aliphatic rings. The highest BCUT2D eigenvalue weighted by molar-refractivity contribution is 5.73. The van der Waals surface area contributed by atoms with Crippen molar-refractivity contribution in [2.75, 3.05) is 0 Å². The zero-order chi connectivity index (χ0) is 16.1. The van der Waals surface area contributed by atoms with Gasteiger partial charge in [-0.15, -0.1) is 0 Å². The van der Waals surface area contributed by atoms with Gasteiger partial charge in [0.2, 0.25) is 0 Å². The molecular weight excluding hydrogens is 280 g/mol. The standard InChI is InChI=1S/C18H20O4/c1-12(2)14-5-9-16(10-6-14)22-17(18(20)21)11-13-3-7-15(19)8-4-13/h3-10,12,17,19H,11H2,1-2H3,(H,20,21)/t17-/m0/s1. The number of benzene rings is 2. The molecule has 0 saturated carbocycles. The average molecular weight is 300 g/mol. The molecular formula is C18H20O4. The van der Waals surface area contributed by atoms with Gasteiger partial charge in [-0.3, -0.25) is 0 Å². The van der Waals surface area contributed by atoms with E-state index in [4.69, 9.17) is 4.74 Å². The van der Waals surface area contributed by atoms with Gasteiger partial charge in [-0.05, 0) is 41.3 Å². The van der Waals surface area contributed by atoms with E-state index in [0.29, 0.717) is 11.7 Å². The van der Waals surface area contributed by atoms with Crippen LogP contribution in [0.15, 0.2) is 48.5 Å². The van der Waals surface area contributed by atoms with Gasteiger partial charge < -0.3 is 14.9 Å². The lowest BCUT2D eigenvalue weighted by molar-refractivity contribution is -0.145. The Morgan fingerprint density at radius 2 is 1.64 bits per heavy atom. The third-order valence-electron chi connectivity index (χ3n) is 3.46. The van der Waals surface area contributed by atoms with Crippen molar-refractivity contribution in [1.82, 2.24) is 0 Å². The summed E-state index contributed by atoms with van der Waals surface area (Å²) in [5.41, 5.74) is 1.97. The van der Waals surface area contributed by atoms with Crippen LogP contribution in [0.2, 0.25) is 0 Å². The number of phenols is 1. The van der Waals surface area contributed by atoms with Crippen LogP contribution in [0, 0.1) is 0 Å². The number of carbonyl (C=O) groups is 1. The lowest BCUT2D eigenvalue weighted by Crippen LogP contribution is -2.29. The first-order valence-corrected chi connectivity index (χ1v) is 7.23. The third-order valence-corrected chi connectivity index (χ3v) is 3.46. The molecule has 0 fully saturated rings. The Morgan fingerprint density at radius 1 is 1.05 bits per heavy atom. The quantitative estimate of drug-likeness (QED) is 0.855. The molecule has 0 aromatic heterocycles. The van der Waals surface area contributed by atoms with Crippen LogP contribution in [-0.2, 0) is 11.2 Å². The maximum atomic E-state index is 11.4. The van der Waals surface area contributed by atoms with E-state index in [1.807, 2.05) is 12.1 Å². The second kappa shape index (κ2) is 6.98. The number of carboxylic acids is 1. The Labute approximate surface area is 130 Å². The number of rotatable bonds is 6. The molecule has 2 rings (SSSR count). The van der Waals surface area contributed by atoms with Gasteiger partial charge in [-0.25, -0.2) is 4.79 Å². The molecule has 0 unspecified atom stereocenters. The van der Waals surface area contributed by atoms with Crippen molar-refractivity contribution in [3.05, 3.63) is 59.7 Å². The molecule has 0 saturated heterocycles. The Kier molecular flexibility index (Phi) is 5.04. The summed E-state index contributed by atoms with van der Waals surface area (Å²) >= 11 is 0. The molecule has 0 spiro atoms. The number of hydrogen-bond donors (Lipinski definition) is 2. The van der Waals surface area contributed by atoms with Crippen LogP contribution in [0.1, 0.15) is 30.9 Å². The van der Waals surface area contributed by atoms with Crippen molar-refractivity contribution < 1.29 is 19.7 Å². The number of ether oxygens (including phenoxy) is 1. The minimum atomic E-state index is -1.01. The first kappa shape index (κ1) is 15.9. The Bertz CT molecular complexity index is 615. The summed E-state index contributed by atoms with van der Waals surface area (Å²) in [6.45, 7) is 4.20. The van der Waals surface area contributed by atoms with Crippen LogP contribution in [-0.4, -0.2) is 22.3 Å². The predicted octanol–water partition coefficient (Wildman–Crippen LogP) is 3.59. The molecule has 0 amide bonds. The van der Waals surface area contributed by atoms with Crippen molar-refractivity contribution in [2.24, 2.45) is 0 Å². The van der Waals surface area contributed by atoms with E-state index in [1.54, 1.807) is 24.3 Å². The van der Waals surface area contributed by atoms with Crippen LogP contribution in [0.4, 0.5) is 0 Å². The highest BCUT2D eigenvalue weighted by Gasteiger charge is 2.20. The van der Waals surface area contributed by atoms with E-state index in [2.05, 4.69) is 13.8 Å². The summed E-state index contributed by atoms with van der Waals surface area (Å²) in [6.07, 6.45) is -0.726. The molecule has 0 aliphatic carbocycles. The molecule has 0 aliphatic heterocycles. The normalized spacial score (nSPS) is 12.1. The Hall–Kier alpha value is -2.49. The highest BCUT2D eigenvalue weighted by Crippen LogP contribution is 2.20. The Balaban J connectivity index is 2.08. The molecule has 2 aromatic carbocycles. The first-order valence-electron chi connectivity index (χ1n) is 7.23. The van der Waals surface area contributed by atoms with Crippen LogP contribution in [0.5, 0.6) is 11.5 Å². The monoisotopic (exact) mass is 300 g/mol. The van der Waals surface area contributed by atoms with Gasteiger partial charge in [0.1, 0.15) is 11.5 Å². The third kappa shape index (κ3) is 4.25. The molecule has 22 heavy (non-hydrogen) atoms. The van der Waals surface area contributed by atoms with E-state index in [0.717, 1.165) is 5.56 Å². The summed E-state index contributed by atoms with van der Waals surface area (Å²) in [4.78, 5) is 11.4.